The van der Waals surface area contributed by atoms with Crippen molar-refractivity contribution < 1.29 is 4.74 Å². The predicted octanol–water partition coefficient (Wildman–Crippen LogP) is 3.62. The number of hydrogen-bond acceptors (Lipinski definition) is 3. The maximum Gasteiger partial charge on any atom is 0.119 e. The normalized spacial score (nSPS) is 10.2. The molecule has 0 unspecified atom stereocenters. The van der Waals surface area contributed by atoms with Crippen LogP contribution in [0.5, 0.6) is 5.75 Å². The Balaban J connectivity index is 2.38. The third-order valence-electron chi connectivity index (χ3n) is 2.51. The van der Waals surface area contributed by atoms with Gasteiger partial charge in [-0.05, 0) is 42.3 Å². The third-order valence-corrected chi connectivity index (χ3v) is 2.91. The number of nitrogen functional groups attached to an aromatic ring is 1. The van der Waals surface area contributed by atoms with E-state index in [0.717, 1.165) is 21.8 Å². The van der Waals surface area contributed by atoms with Crippen molar-refractivity contribution in [2.75, 3.05) is 12.3 Å². The van der Waals surface area contributed by atoms with Gasteiger partial charge in [0, 0.05) is 10.6 Å². The van der Waals surface area contributed by atoms with E-state index >= 15 is 0 Å². The fraction of sp³-hybridized carbons (Fsp3) is 0.143. The summed E-state index contributed by atoms with van der Waals surface area (Å²) >= 11 is 4.26. The first-order valence-electron chi connectivity index (χ1n) is 5.52. The van der Waals surface area contributed by atoms with Crippen LogP contribution in [0, 0.1) is 0 Å². The molecule has 0 radical (unpaired) electrons. The third kappa shape index (κ3) is 2.74. The Morgan fingerprint density at radius 3 is 2.59 bits per heavy atom. The highest BCUT2D eigenvalue weighted by molar-refractivity contribution is 7.80. The molecule has 2 N–H and O–H groups in total. The van der Waals surface area contributed by atoms with E-state index in [1.54, 1.807) is 0 Å². The molecule has 0 heterocycles. The molecule has 88 valence electrons. The van der Waals surface area contributed by atoms with Crippen LogP contribution in [-0.4, -0.2) is 6.61 Å². The fourth-order valence-corrected chi connectivity index (χ4v) is 1.81. The van der Waals surface area contributed by atoms with Crippen LogP contribution in [-0.2, 0) is 0 Å². The van der Waals surface area contributed by atoms with Crippen LogP contribution in [0.25, 0.3) is 11.1 Å². The number of hydrogen-bond donors (Lipinski definition) is 2. The average molecular weight is 245 g/mol. The molecule has 0 saturated heterocycles. The Hall–Kier alpha value is -1.61. The van der Waals surface area contributed by atoms with Gasteiger partial charge in [-0.25, -0.2) is 0 Å². The number of thiol groups is 1. The van der Waals surface area contributed by atoms with Crippen LogP contribution in [0.4, 0.5) is 5.69 Å². The van der Waals surface area contributed by atoms with Crippen molar-refractivity contribution in [2.45, 2.75) is 11.8 Å². The lowest BCUT2D eigenvalue weighted by atomic mass is 10.0. The molecule has 0 atom stereocenters. The molecule has 3 heteroatoms. The van der Waals surface area contributed by atoms with Crippen LogP contribution >= 0.6 is 12.6 Å². The van der Waals surface area contributed by atoms with E-state index in [1.807, 2.05) is 49.4 Å². The van der Waals surface area contributed by atoms with Gasteiger partial charge >= 0.3 is 0 Å². The first-order valence-corrected chi connectivity index (χ1v) is 5.97. The van der Waals surface area contributed by atoms with Gasteiger partial charge in [0.05, 0.1) is 6.61 Å². The van der Waals surface area contributed by atoms with Crippen molar-refractivity contribution in [1.82, 2.24) is 0 Å². The summed E-state index contributed by atoms with van der Waals surface area (Å²) in [6.45, 7) is 2.64. The molecule has 2 rings (SSSR count). The predicted molar refractivity (Wildman–Crippen MR) is 74.7 cm³/mol. The minimum Gasteiger partial charge on any atom is -0.494 e. The van der Waals surface area contributed by atoms with E-state index in [9.17, 15) is 0 Å². The van der Waals surface area contributed by atoms with E-state index in [1.165, 1.54) is 0 Å². The van der Waals surface area contributed by atoms with Crippen LogP contribution in [0.2, 0.25) is 0 Å². The quantitative estimate of drug-likeness (QED) is 0.640. The molecule has 0 aliphatic heterocycles. The van der Waals surface area contributed by atoms with E-state index in [-0.39, 0.29) is 0 Å². The molecular weight excluding hydrogens is 230 g/mol. The molecule has 0 amide bonds. The average Bonchev–Trinajstić information content (AvgIpc) is 2.33. The fourth-order valence-electron chi connectivity index (χ4n) is 1.67. The van der Waals surface area contributed by atoms with E-state index < -0.39 is 0 Å². The van der Waals surface area contributed by atoms with Crippen molar-refractivity contribution in [1.29, 1.82) is 0 Å². The zero-order valence-electron chi connectivity index (χ0n) is 9.68. The molecule has 2 aromatic carbocycles. The smallest absolute Gasteiger partial charge is 0.119 e. The molecule has 17 heavy (non-hydrogen) atoms. The minimum absolute atomic E-state index is 0.668. The molecule has 2 nitrogen and oxygen atoms in total. The summed E-state index contributed by atoms with van der Waals surface area (Å²) in [4.78, 5) is 0.801. The van der Waals surface area contributed by atoms with E-state index in [2.05, 4.69) is 12.6 Å². The molecule has 0 fully saturated rings. The molecule has 0 aromatic heterocycles. The van der Waals surface area contributed by atoms with Gasteiger partial charge < -0.3 is 10.5 Å². The first kappa shape index (κ1) is 11.9. The van der Waals surface area contributed by atoms with Crippen LogP contribution < -0.4 is 10.5 Å². The number of nitrogens with two attached hydrogens (primary N) is 1. The summed E-state index contributed by atoms with van der Waals surface area (Å²) in [6, 6.07) is 13.8. The topological polar surface area (TPSA) is 35.2 Å². The van der Waals surface area contributed by atoms with Crippen molar-refractivity contribution in [2.24, 2.45) is 0 Å². The second-order valence-electron chi connectivity index (χ2n) is 3.73. The summed E-state index contributed by atoms with van der Waals surface area (Å²) in [5.41, 5.74) is 8.70. The highest BCUT2D eigenvalue weighted by Crippen LogP contribution is 2.28. The number of anilines is 1. The number of benzene rings is 2. The second kappa shape index (κ2) is 5.15. The molecule has 0 saturated carbocycles. The lowest BCUT2D eigenvalue weighted by Crippen LogP contribution is -1.92. The van der Waals surface area contributed by atoms with Gasteiger partial charge in [0.15, 0.2) is 0 Å². The molecule has 0 aliphatic carbocycles. The Labute approximate surface area is 107 Å². The highest BCUT2D eigenvalue weighted by Gasteiger charge is 2.02. The van der Waals surface area contributed by atoms with Gasteiger partial charge in [0.2, 0.25) is 0 Å². The maximum absolute atomic E-state index is 5.85. The van der Waals surface area contributed by atoms with Crippen molar-refractivity contribution >= 4 is 18.3 Å². The van der Waals surface area contributed by atoms with Crippen LogP contribution in [0.3, 0.4) is 0 Å². The van der Waals surface area contributed by atoms with Crippen LogP contribution in [0.15, 0.2) is 47.4 Å². The highest BCUT2D eigenvalue weighted by atomic mass is 32.1. The van der Waals surface area contributed by atoms with Gasteiger partial charge in [-0.15, -0.1) is 12.6 Å². The van der Waals surface area contributed by atoms with Crippen molar-refractivity contribution in [3.63, 3.8) is 0 Å². The second-order valence-corrected chi connectivity index (χ2v) is 4.22. The molecule has 0 bridgehead atoms. The Morgan fingerprint density at radius 2 is 1.88 bits per heavy atom. The zero-order chi connectivity index (χ0) is 12.3. The monoisotopic (exact) mass is 245 g/mol. The molecule has 2 aromatic rings. The summed E-state index contributed by atoms with van der Waals surface area (Å²) < 4.78 is 5.48. The minimum atomic E-state index is 0.668. The van der Waals surface area contributed by atoms with Gasteiger partial charge in [-0.1, -0.05) is 18.2 Å². The SMILES string of the molecule is CCOc1cccc(-c2ccc(S)c(N)c2)c1. The summed E-state index contributed by atoms with van der Waals surface area (Å²) in [5.74, 6) is 0.874. The molecule has 0 aliphatic rings. The zero-order valence-corrected chi connectivity index (χ0v) is 10.6. The Bertz CT molecular complexity index is 525. The molecular formula is C14H15NOS. The van der Waals surface area contributed by atoms with E-state index in [4.69, 9.17) is 10.5 Å². The van der Waals surface area contributed by atoms with Crippen molar-refractivity contribution in [3.05, 3.63) is 42.5 Å². The van der Waals surface area contributed by atoms with Crippen LogP contribution in [0.1, 0.15) is 6.92 Å². The largest absolute Gasteiger partial charge is 0.494 e. The summed E-state index contributed by atoms with van der Waals surface area (Å²) in [6.07, 6.45) is 0. The maximum atomic E-state index is 5.85. The number of rotatable bonds is 3. The Kier molecular flexibility index (Phi) is 3.59. The first-order chi connectivity index (χ1) is 8.20. The van der Waals surface area contributed by atoms with Gasteiger partial charge in [-0.3, -0.25) is 0 Å². The lowest BCUT2D eigenvalue weighted by molar-refractivity contribution is 0.340. The summed E-state index contributed by atoms with van der Waals surface area (Å²) in [5, 5.41) is 0. The lowest BCUT2D eigenvalue weighted by Gasteiger charge is -2.07. The Morgan fingerprint density at radius 1 is 1.12 bits per heavy atom. The van der Waals surface area contributed by atoms with Gasteiger partial charge in [0.25, 0.3) is 0 Å². The standard InChI is InChI=1S/C14H15NOS/c1-2-16-12-5-3-4-10(8-12)11-6-7-14(17)13(15)9-11/h3-9,17H,2,15H2,1H3. The van der Waals surface area contributed by atoms with E-state index in [0.29, 0.717) is 12.3 Å². The van der Waals surface area contributed by atoms with Gasteiger partial charge in [0.1, 0.15) is 5.75 Å². The molecule has 0 spiro atoms. The number of ether oxygens (including phenoxy) is 1. The summed E-state index contributed by atoms with van der Waals surface area (Å²) in [7, 11) is 0. The van der Waals surface area contributed by atoms with Gasteiger partial charge in [-0.2, -0.15) is 0 Å². The van der Waals surface area contributed by atoms with Crippen molar-refractivity contribution in [3.8, 4) is 16.9 Å².